The number of hydrogen-bond donors (Lipinski definition) is 1. The Hall–Kier alpha value is -0.790. The van der Waals surface area contributed by atoms with Gasteiger partial charge in [0.25, 0.3) is 0 Å². The molecule has 0 unspecified atom stereocenters. The van der Waals surface area contributed by atoms with Gasteiger partial charge in [0, 0.05) is 0 Å². The van der Waals surface area contributed by atoms with Gasteiger partial charge in [-0.3, -0.25) is 4.79 Å². The molecule has 0 spiro atoms. The molecule has 3 aliphatic rings. The highest BCUT2D eigenvalue weighted by Crippen LogP contribution is 2.53. The van der Waals surface area contributed by atoms with Crippen LogP contribution in [-0.2, 0) is 4.79 Å². The predicted molar refractivity (Wildman–Crippen MR) is 50.4 cm³/mol. The van der Waals surface area contributed by atoms with E-state index in [-0.39, 0.29) is 0 Å². The van der Waals surface area contributed by atoms with E-state index in [2.05, 4.69) is 13.0 Å². The van der Waals surface area contributed by atoms with Gasteiger partial charge in [0.05, 0.1) is 5.41 Å². The van der Waals surface area contributed by atoms with Crippen molar-refractivity contribution >= 4 is 5.97 Å². The number of rotatable bonds is 2. The molecule has 0 atom stereocenters. The van der Waals surface area contributed by atoms with Gasteiger partial charge in [-0.15, -0.1) is 0 Å². The van der Waals surface area contributed by atoms with Crippen molar-refractivity contribution in [3.8, 4) is 0 Å². The van der Waals surface area contributed by atoms with Gasteiger partial charge < -0.3 is 5.11 Å². The molecule has 2 bridgehead atoms. The Labute approximate surface area is 78.6 Å². The molecule has 13 heavy (non-hydrogen) atoms. The van der Waals surface area contributed by atoms with Crippen molar-refractivity contribution in [1.29, 1.82) is 0 Å². The van der Waals surface area contributed by atoms with E-state index in [4.69, 9.17) is 5.11 Å². The van der Waals surface area contributed by atoms with Gasteiger partial charge in [-0.05, 0) is 37.5 Å². The van der Waals surface area contributed by atoms with Crippen molar-refractivity contribution in [3.05, 3.63) is 12.2 Å². The molecule has 1 fully saturated rings. The number of carboxylic acid groups (broad SMARTS) is 1. The molecule has 0 aromatic carbocycles. The monoisotopic (exact) mass is 180 g/mol. The molecule has 0 aromatic heterocycles. The third-order valence-corrected chi connectivity index (χ3v) is 4.02. The minimum Gasteiger partial charge on any atom is -0.481 e. The van der Waals surface area contributed by atoms with Crippen molar-refractivity contribution in [2.75, 3.05) is 0 Å². The second kappa shape index (κ2) is 2.60. The average Bonchev–Trinajstić information content (AvgIpc) is 2.20. The van der Waals surface area contributed by atoms with Crippen LogP contribution >= 0.6 is 0 Å². The van der Waals surface area contributed by atoms with Crippen LogP contribution in [0.15, 0.2) is 12.2 Å². The number of hydrogen-bond acceptors (Lipinski definition) is 1. The van der Waals surface area contributed by atoms with Crippen molar-refractivity contribution in [1.82, 2.24) is 0 Å². The lowest BCUT2D eigenvalue weighted by atomic mass is 9.57. The zero-order valence-electron chi connectivity index (χ0n) is 8.05. The fourth-order valence-electron chi connectivity index (χ4n) is 2.62. The smallest absolute Gasteiger partial charge is 0.313 e. The largest absolute Gasteiger partial charge is 0.481 e. The zero-order chi connectivity index (χ0) is 9.53. The lowest BCUT2D eigenvalue weighted by Gasteiger charge is -2.46. The summed E-state index contributed by atoms with van der Waals surface area (Å²) in [5.41, 5.74) is -0.159. The summed E-state index contributed by atoms with van der Waals surface area (Å²) in [5.74, 6) is -0.631. The highest BCUT2D eigenvalue weighted by atomic mass is 16.4. The van der Waals surface area contributed by atoms with Gasteiger partial charge in [0.2, 0.25) is 0 Å². The van der Waals surface area contributed by atoms with E-state index in [1.54, 1.807) is 0 Å². The molecule has 0 heterocycles. The SMILES string of the molecule is CCC12C=CC(C(=O)O)(CC1)CC2. The highest BCUT2D eigenvalue weighted by molar-refractivity contribution is 5.77. The summed E-state index contributed by atoms with van der Waals surface area (Å²) < 4.78 is 0. The van der Waals surface area contributed by atoms with E-state index in [9.17, 15) is 4.79 Å². The second-order valence-corrected chi connectivity index (χ2v) is 4.51. The Kier molecular flexibility index (Phi) is 1.76. The number of allylic oxidation sites excluding steroid dienone is 1. The zero-order valence-corrected chi connectivity index (χ0v) is 8.05. The van der Waals surface area contributed by atoms with Gasteiger partial charge in [0.15, 0.2) is 0 Å². The van der Waals surface area contributed by atoms with E-state index in [0.29, 0.717) is 5.41 Å². The second-order valence-electron chi connectivity index (χ2n) is 4.51. The summed E-state index contributed by atoms with van der Waals surface area (Å²) in [6.07, 6.45) is 9.07. The molecule has 3 aliphatic carbocycles. The molecule has 0 saturated heterocycles. The summed E-state index contributed by atoms with van der Waals surface area (Å²) in [5, 5.41) is 9.12. The molecule has 0 radical (unpaired) electrons. The van der Waals surface area contributed by atoms with Crippen LogP contribution < -0.4 is 0 Å². The summed E-state index contributed by atoms with van der Waals surface area (Å²) in [6, 6.07) is 0. The lowest BCUT2D eigenvalue weighted by Crippen LogP contribution is -2.41. The fraction of sp³-hybridized carbons (Fsp3) is 0.727. The molecule has 3 rings (SSSR count). The van der Waals surface area contributed by atoms with Crippen molar-refractivity contribution in [2.24, 2.45) is 10.8 Å². The number of aliphatic carboxylic acids is 1. The number of fused-ring (bicyclic) bond motifs is 2. The van der Waals surface area contributed by atoms with Crippen LogP contribution in [0, 0.1) is 10.8 Å². The third kappa shape index (κ3) is 1.11. The van der Waals surface area contributed by atoms with Crippen LogP contribution in [-0.4, -0.2) is 11.1 Å². The van der Waals surface area contributed by atoms with Crippen molar-refractivity contribution < 1.29 is 9.90 Å². The van der Waals surface area contributed by atoms with Crippen LogP contribution in [0.2, 0.25) is 0 Å². The summed E-state index contributed by atoms with van der Waals surface area (Å²) in [7, 11) is 0. The van der Waals surface area contributed by atoms with Crippen molar-refractivity contribution in [3.63, 3.8) is 0 Å². The Bertz CT molecular complexity index is 257. The van der Waals surface area contributed by atoms with Crippen LogP contribution in [0.1, 0.15) is 39.0 Å². The van der Waals surface area contributed by atoms with E-state index in [1.807, 2.05) is 6.08 Å². The minimum atomic E-state index is -0.631. The van der Waals surface area contributed by atoms with Gasteiger partial charge in [-0.2, -0.15) is 0 Å². The Morgan fingerprint density at radius 2 is 1.92 bits per heavy atom. The molecule has 0 aliphatic heterocycles. The van der Waals surface area contributed by atoms with E-state index >= 15 is 0 Å². The van der Waals surface area contributed by atoms with Crippen molar-refractivity contribution in [2.45, 2.75) is 39.0 Å². The number of carboxylic acids is 1. The molecule has 0 amide bonds. The van der Waals surface area contributed by atoms with Crippen LogP contribution in [0.3, 0.4) is 0 Å². The topological polar surface area (TPSA) is 37.3 Å². The molecule has 1 saturated carbocycles. The highest BCUT2D eigenvalue weighted by Gasteiger charge is 2.47. The van der Waals surface area contributed by atoms with Crippen LogP contribution in [0.4, 0.5) is 0 Å². The molecule has 2 nitrogen and oxygen atoms in total. The summed E-state index contributed by atoms with van der Waals surface area (Å²) >= 11 is 0. The maximum Gasteiger partial charge on any atom is 0.313 e. The molecule has 2 heteroatoms. The van der Waals surface area contributed by atoms with E-state index < -0.39 is 11.4 Å². The molecule has 72 valence electrons. The predicted octanol–water partition coefficient (Wildman–Crippen LogP) is 2.60. The molecular formula is C11H16O2. The van der Waals surface area contributed by atoms with Gasteiger partial charge >= 0.3 is 5.97 Å². The third-order valence-electron chi connectivity index (χ3n) is 4.02. The molecular weight excluding hydrogens is 164 g/mol. The normalized spacial score (nSPS) is 42.2. The minimum absolute atomic E-state index is 0.344. The van der Waals surface area contributed by atoms with E-state index in [0.717, 1.165) is 32.1 Å². The van der Waals surface area contributed by atoms with Crippen LogP contribution in [0.5, 0.6) is 0 Å². The van der Waals surface area contributed by atoms with Gasteiger partial charge in [-0.25, -0.2) is 0 Å². The molecule has 1 N–H and O–H groups in total. The average molecular weight is 180 g/mol. The van der Waals surface area contributed by atoms with Gasteiger partial charge in [-0.1, -0.05) is 19.1 Å². The van der Waals surface area contributed by atoms with E-state index in [1.165, 1.54) is 0 Å². The van der Waals surface area contributed by atoms with Gasteiger partial charge in [0.1, 0.15) is 0 Å². The first-order chi connectivity index (χ1) is 6.13. The summed E-state index contributed by atoms with van der Waals surface area (Å²) in [4.78, 5) is 11.1. The standard InChI is InChI=1S/C11H16O2/c1-2-10-3-6-11(7-4-10,8-5-10)9(12)13/h3,6H,2,4-5,7-8H2,1H3,(H,12,13). The first kappa shape index (κ1) is 8.79. The van der Waals surface area contributed by atoms with Crippen LogP contribution in [0.25, 0.3) is 0 Å². The Balaban J connectivity index is 2.30. The lowest BCUT2D eigenvalue weighted by molar-refractivity contribution is -0.149. The maximum absolute atomic E-state index is 11.1. The molecule has 0 aromatic rings. The maximum atomic E-state index is 11.1. The Morgan fingerprint density at radius 3 is 2.23 bits per heavy atom. The quantitative estimate of drug-likeness (QED) is 0.663. The first-order valence-corrected chi connectivity index (χ1v) is 5.06. The first-order valence-electron chi connectivity index (χ1n) is 5.06. The Morgan fingerprint density at radius 1 is 1.31 bits per heavy atom. The number of carbonyl (C=O) groups is 1. The fourth-order valence-corrected chi connectivity index (χ4v) is 2.62. The summed E-state index contributed by atoms with van der Waals surface area (Å²) in [6.45, 7) is 2.20.